The number of hydrogen-bond acceptors (Lipinski definition) is 3. The van der Waals surface area contributed by atoms with Crippen LogP contribution in [0.25, 0.3) is 0 Å². The topological polar surface area (TPSA) is 34.4 Å². The molecule has 0 aliphatic rings. The van der Waals surface area contributed by atoms with E-state index in [-0.39, 0.29) is 5.60 Å². The fourth-order valence-electron chi connectivity index (χ4n) is 1.37. The van der Waals surface area contributed by atoms with Gasteiger partial charge >= 0.3 is 0 Å². The van der Waals surface area contributed by atoms with Crippen LogP contribution in [0.1, 0.15) is 51.9 Å². The second kappa shape index (κ2) is 6.82. The minimum absolute atomic E-state index is 0.0760. The van der Waals surface area contributed by atoms with Crippen molar-refractivity contribution in [2.45, 2.75) is 59.3 Å². The first kappa shape index (κ1) is 14.3. The maximum atomic E-state index is 5.79. The van der Waals surface area contributed by atoms with E-state index in [9.17, 15) is 0 Å². The van der Waals surface area contributed by atoms with Gasteiger partial charge in [0, 0.05) is 12.1 Å². The maximum Gasteiger partial charge on any atom is 0.129 e. The molecule has 0 radical (unpaired) electrons. The molecule has 0 bridgehead atoms. The summed E-state index contributed by atoms with van der Waals surface area (Å²) in [4.78, 5) is 0. The Morgan fingerprint density at radius 1 is 1.35 bits per heavy atom. The van der Waals surface area contributed by atoms with Crippen molar-refractivity contribution in [3.05, 3.63) is 23.7 Å². The zero-order valence-electron chi connectivity index (χ0n) is 11.5. The second-order valence-corrected chi connectivity index (χ2v) is 5.00. The molecule has 1 aromatic heterocycles. The van der Waals surface area contributed by atoms with Crippen molar-refractivity contribution in [2.24, 2.45) is 0 Å². The predicted octanol–water partition coefficient (Wildman–Crippen LogP) is 3.48. The molecule has 1 aromatic rings. The van der Waals surface area contributed by atoms with Crippen molar-refractivity contribution >= 4 is 0 Å². The van der Waals surface area contributed by atoms with Crippen LogP contribution in [-0.2, 0) is 17.9 Å². The number of ether oxygens (including phenoxy) is 1. The quantitative estimate of drug-likeness (QED) is 0.705. The van der Waals surface area contributed by atoms with Crippen LogP contribution >= 0.6 is 0 Å². The number of hydrogen-bond donors (Lipinski definition) is 1. The summed E-state index contributed by atoms with van der Waals surface area (Å²) < 4.78 is 11.3. The molecule has 0 saturated carbocycles. The zero-order valence-corrected chi connectivity index (χ0v) is 11.5. The van der Waals surface area contributed by atoms with E-state index < -0.39 is 0 Å². The van der Waals surface area contributed by atoms with Crippen LogP contribution in [0, 0.1) is 0 Å². The lowest BCUT2D eigenvalue weighted by Gasteiger charge is -2.22. The Bertz CT molecular complexity index is 318. The summed E-state index contributed by atoms with van der Waals surface area (Å²) in [7, 11) is 0. The van der Waals surface area contributed by atoms with Crippen molar-refractivity contribution in [2.75, 3.05) is 6.54 Å². The monoisotopic (exact) mass is 239 g/mol. The lowest BCUT2D eigenvalue weighted by Crippen LogP contribution is -2.22. The van der Waals surface area contributed by atoms with E-state index in [1.54, 1.807) is 6.26 Å². The summed E-state index contributed by atoms with van der Waals surface area (Å²) in [6, 6.07) is 2.06. The van der Waals surface area contributed by atoms with E-state index in [2.05, 4.69) is 39.1 Å². The lowest BCUT2D eigenvalue weighted by atomic mass is 10.1. The van der Waals surface area contributed by atoms with E-state index in [0.717, 1.165) is 31.7 Å². The first-order valence-electron chi connectivity index (χ1n) is 6.48. The molecule has 0 spiro atoms. The zero-order chi connectivity index (χ0) is 12.7. The molecule has 98 valence electrons. The highest BCUT2D eigenvalue weighted by atomic mass is 16.5. The van der Waals surface area contributed by atoms with Crippen molar-refractivity contribution in [1.82, 2.24) is 5.32 Å². The van der Waals surface area contributed by atoms with E-state index in [4.69, 9.17) is 9.15 Å². The van der Waals surface area contributed by atoms with Crippen LogP contribution in [0.2, 0.25) is 0 Å². The summed E-state index contributed by atoms with van der Waals surface area (Å²) in [5.41, 5.74) is 1.11. The highest BCUT2D eigenvalue weighted by Crippen LogP contribution is 2.17. The van der Waals surface area contributed by atoms with Gasteiger partial charge in [-0.2, -0.15) is 0 Å². The molecule has 0 aromatic carbocycles. The lowest BCUT2D eigenvalue weighted by molar-refractivity contribution is -0.0383. The Hall–Kier alpha value is -0.800. The Morgan fingerprint density at radius 2 is 2.12 bits per heavy atom. The third-order valence-corrected chi connectivity index (χ3v) is 2.92. The molecule has 1 heterocycles. The van der Waals surface area contributed by atoms with Crippen LogP contribution in [0.4, 0.5) is 0 Å². The predicted molar refractivity (Wildman–Crippen MR) is 69.9 cm³/mol. The van der Waals surface area contributed by atoms with Crippen molar-refractivity contribution in [1.29, 1.82) is 0 Å². The molecule has 0 amide bonds. The summed E-state index contributed by atoms with van der Waals surface area (Å²) in [6.45, 7) is 10.9. The first-order valence-corrected chi connectivity index (χ1v) is 6.48. The summed E-state index contributed by atoms with van der Waals surface area (Å²) in [6.07, 6.45) is 3.96. The standard InChI is InChI=1S/C14H25NO2/c1-5-7-15-9-12-8-13(16-10-12)11-17-14(3,4)6-2/h8,10,15H,5-7,9,11H2,1-4H3. The van der Waals surface area contributed by atoms with Crippen LogP contribution in [0.3, 0.4) is 0 Å². The normalized spacial score (nSPS) is 12.0. The Kier molecular flexibility index (Phi) is 5.72. The molecule has 1 rings (SSSR count). The van der Waals surface area contributed by atoms with Gasteiger partial charge in [0.2, 0.25) is 0 Å². The van der Waals surface area contributed by atoms with E-state index >= 15 is 0 Å². The van der Waals surface area contributed by atoms with Gasteiger partial charge in [-0.25, -0.2) is 0 Å². The molecule has 3 heteroatoms. The van der Waals surface area contributed by atoms with Gasteiger partial charge in [0.05, 0.1) is 11.9 Å². The average molecular weight is 239 g/mol. The average Bonchev–Trinajstić information content (AvgIpc) is 2.75. The van der Waals surface area contributed by atoms with Gasteiger partial charge < -0.3 is 14.5 Å². The van der Waals surface area contributed by atoms with E-state index in [1.165, 1.54) is 5.56 Å². The maximum absolute atomic E-state index is 5.79. The first-order chi connectivity index (χ1) is 8.07. The smallest absolute Gasteiger partial charge is 0.129 e. The van der Waals surface area contributed by atoms with Crippen LogP contribution < -0.4 is 5.32 Å². The number of nitrogens with one attached hydrogen (secondary N) is 1. The Balaban J connectivity index is 2.35. The van der Waals surface area contributed by atoms with E-state index in [0.29, 0.717) is 6.61 Å². The van der Waals surface area contributed by atoms with Crippen molar-refractivity contribution < 1.29 is 9.15 Å². The summed E-state index contributed by atoms with van der Waals surface area (Å²) in [5.74, 6) is 0.903. The molecule has 0 aliphatic heterocycles. The Labute approximate surface area is 105 Å². The highest BCUT2D eigenvalue weighted by Gasteiger charge is 2.16. The number of furan rings is 1. The van der Waals surface area contributed by atoms with Gasteiger partial charge in [-0.05, 0) is 39.3 Å². The minimum Gasteiger partial charge on any atom is -0.467 e. The van der Waals surface area contributed by atoms with Gasteiger partial charge in [-0.15, -0.1) is 0 Å². The van der Waals surface area contributed by atoms with Gasteiger partial charge in [-0.1, -0.05) is 13.8 Å². The fraction of sp³-hybridized carbons (Fsp3) is 0.714. The molecular formula is C14H25NO2. The van der Waals surface area contributed by atoms with Crippen LogP contribution in [0.5, 0.6) is 0 Å². The highest BCUT2D eigenvalue weighted by molar-refractivity contribution is 5.12. The van der Waals surface area contributed by atoms with Gasteiger partial charge in [-0.3, -0.25) is 0 Å². The van der Waals surface area contributed by atoms with Crippen LogP contribution in [-0.4, -0.2) is 12.1 Å². The summed E-state index contributed by atoms with van der Waals surface area (Å²) >= 11 is 0. The molecule has 0 aliphatic carbocycles. The third kappa shape index (κ3) is 5.37. The largest absolute Gasteiger partial charge is 0.467 e. The molecule has 3 nitrogen and oxygen atoms in total. The molecule has 0 fully saturated rings. The molecule has 17 heavy (non-hydrogen) atoms. The summed E-state index contributed by atoms with van der Waals surface area (Å²) in [5, 5.41) is 3.35. The van der Waals surface area contributed by atoms with E-state index in [1.807, 2.05) is 0 Å². The second-order valence-electron chi connectivity index (χ2n) is 5.00. The van der Waals surface area contributed by atoms with Gasteiger partial charge in [0.1, 0.15) is 12.4 Å². The minimum atomic E-state index is -0.0760. The van der Waals surface area contributed by atoms with Gasteiger partial charge in [0.15, 0.2) is 0 Å². The molecule has 0 saturated heterocycles. The molecule has 0 unspecified atom stereocenters. The number of rotatable bonds is 8. The van der Waals surface area contributed by atoms with Gasteiger partial charge in [0.25, 0.3) is 0 Å². The molecule has 1 N–H and O–H groups in total. The Morgan fingerprint density at radius 3 is 2.76 bits per heavy atom. The fourth-order valence-corrected chi connectivity index (χ4v) is 1.37. The van der Waals surface area contributed by atoms with Crippen LogP contribution in [0.15, 0.2) is 16.7 Å². The van der Waals surface area contributed by atoms with Crippen molar-refractivity contribution in [3.63, 3.8) is 0 Å². The third-order valence-electron chi connectivity index (χ3n) is 2.92. The SMILES string of the molecule is CCCNCc1coc(COC(C)(C)CC)c1. The molecule has 0 atom stereocenters. The molecular weight excluding hydrogens is 214 g/mol. The van der Waals surface area contributed by atoms with Crippen molar-refractivity contribution in [3.8, 4) is 0 Å².